The van der Waals surface area contributed by atoms with Crippen molar-refractivity contribution in [1.29, 1.82) is 0 Å². The second-order valence-electron chi connectivity index (χ2n) is 15.9. The monoisotopic (exact) mass is 795 g/mol. The summed E-state index contributed by atoms with van der Waals surface area (Å²) in [5.41, 5.74) is -0.140. The highest BCUT2D eigenvalue weighted by Crippen LogP contribution is 2.42. The molecule has 1 amide bonds. The number of morpholine rings is 1. The minimum Gasteiger partial charge on any atom is -0.461 e. The zero-order chi connectivity index (χ0) is 38.7. The van der Waals surface area contributed by atoms with Gasteiger partial charge in [-0.3, -0.25) is 9.88 Å². The fraction of sp³-hybridized carbons (Fsp3) is 0.538. The van der Waals surface area contributed by atoms with Gasteiger partial charge in [0.05, 0.1) is 36.3 Å². The van der Waals surface area contributed by atoms with Gasteiger partial charge in [-0.25, -0.2) is 13.6 Å². The van der Waals surface area contributed by atoms with Crippen molar-refractivity contribution < 1.29 is 41.8 Å². The molecular weight excluding hydrogens is 749 g/mol. The number of benzene rings is 2. The van der Waals surface area contributed by atoms with Crippen LogP contribution in [0.15, 0.2) is 36.5 Å². The molecule has 1 N–H and O–H groups in total. The average Bonchev–Trinajstić information content (AvgIpc) is 3.70. The molecule has 56 heavy (non-hydrogen) atoms. The van der Waals surface area contributed by atoms with E-state index in [0.717, 1.165) is 24.9 Å². The molecule has 6 bridgehead atoms. The Kier molecular flexibility index (Phi) is 9.61. The first kappa shape index (κ1) is 37.1. The summed E-state index contributed by atoms with van der Waals surface area (Å²) in [7, 11) is -4.22. The van der Waals surface area contributed by atoms with Gasteiger partial charge >= 0.3 is 22.4 Å². The first-order valence-corrected chi connectivity index (χ1v) is 20.8. The fourth-order valence-corrected chi connectivity index (χ4v) is 10.3. The number of hydrogen-bond acceptors (Lipinski definition) is 12. The van der Waals surface area contributed by atoms with Crippen LogP contribution < -0.4 is 19.1 Å². The van der Waals surface area contributed by atoms with E-state index in [0.29, 0.717) is 79.3 Å². The molecule has 0 aliphatic carbocycles. The number of nitrogens with zero attached hydrogens (tertiary/aromatic N) is 6. The number of amides is 1. The van der Waals surface area contributed by atoms with E-state index in [9.17, 15) is 17.6 Å². The molecule has 0 spiro atoms. The molecule has 4 aromatic rings. The van der Waals surface area contributed by atoms with Crippen LogP contribution in [0.2, 0.25) is 0 Å². The number of ether oxygens (including phenoxy) is 3. The molecule has 4 saturated heterocycles. The van der Waals surface area contributed by atoms with E-state index < -0.39 is 39.5 Å². The molecule has 0 unspecified atom stereocenters. The van der Waals surface area contributed by atoms with Gasteiger partial charge in [0.25, 0.3) is 0 Å². The molecule has 0 radical (unpaired) electrons. The van der Waals surface area contributed by atoms with E-state index in [4.69, 9.17) is 28.4 Å². The highest BCUT2D eigenvalue weighted by molar-refractivity contribution is 7.84. The fourth-order valence-electron chi connectivity index (χ4n) is 9.26. The number of fused-ring (bicyclic) bond motifs is 7. The summed E-state index contributed by atoms with van der Waals surface area (Å²) in [6, 6.07) is 8.60. The molecule has 0 saturated carbocycles. The molecule has 6 aliphatic heterocycles. The zero-order valence-corrected chi connectivity index (χ0v) is 32.1. The number of carbonyl (C=O) groups is 1. The van der Waals surface area contributed by atoms with E-state index in [2.05, 4.69) is 15.2 Å². The van der Waals surface area contributed by atoms with Crippen molar-refractivity contribution >= 4 is 43.9 Å². The summed E-state index contributed by atoms with van der Waals surface area (Å²) in [6.07, 6.45) is 4.43. The van der Waals surface area contributed by atoms with Crippen LogP contribution in [0.5, 0.6) is 11.8 Å². The van der Waals surface area contributed by atoms with Crippen molar-refractivity contribution in [3.8, 4) is 23.0 Å². The van der Waals surface area contributed by atoms with Gasteiger partial charge in [0, 0.05) is 52.3 Å². The van der Waals surface area contributed by atoms with Gasteiger partial charge < -0.3 is 28.6 Å². The van der Waals surface area contributed by atoms with E-state index >= 15 is 4.39 Å². The van der Waals surface area contributed by atoms with Crippen LogP contribution in [0.4, 0.5) is 19.4 Å². The third-order valence-corrected chi connectivity index (χ3v) is 13.3. The molecule has 4 fully saturated rings. The van der Waals surface area contributed by atoms with Crippen molar-refractivity contribution in [2.75, 3.05) is 70.6 Å². The van der Waals surface area contributed by atoms with Crippen molar-refractivity contribution in [3.63, 3.8) is 0 Å². The minimum absolute atomic E-state index is 0. The summed E-state index contributed by atoms with van der Waals surface area (Å²) in [4.78, 5) is 31.5. The number of aromatic nitrogens is 3. The summed E-state index contributed by atoms with van der Waals surface area (Å²) in [6.45, 7) is 5.06. The molecule has 3 atom stereocenters. The number of aryl methyl sites for hydroxylation is 1. The number of hydrogen-bond donors (Lipinski definition) is 1. The van der Waals surface area contributed by atoms with Crippen LogP contribution in [-0.2, 0) is 26.2 Å². The Labute approximate surface area is 325 Å². The van der Waals surface area contributed by atoms with Crippen LogP contribution in [0, 0.1) is 5.82 Å². The Morgan fingerprint density at radius 2 is 1.91 bits per heavy atom. The lowest BCUT2D eigenvalue weighted by Gasteiger charge is -2.41. The van der Waals surface area contributed by atoms with Crippen LogP contribution >= 0.6 is 0 Å². The van der Waals surface area contributed by atoms with E-state index in [-0.39, 0.29) is 63.9 Å². The van der Waals surface area contributed by atoms with E-state index in [1.54, 1.807) is 12.1 Å². The topological polar surface area (TPSA) is 149 Å². The van der Waals surface area contributed by atoms with Crippen molar-refractivity contribution in [1.82, 2.24) is 29.5 Å². The summed E-state index contributed by atoms with van der Waals surface area (Å²) < 4.78 is 83.3. The zero-order valence-electron chi connectivity index (χ0n) is 31.3. The number of rotatable bonds is 6. The standard InChI is InChI=1S/C39H45F2N7O7S.H2/c1-38-9-4-11-46(23-38)35-30-21-42-33(32(41)34(30)43-36(44-35)54-24-39-10-5-12-47(39)22-27(40)20-39)29-19-28(55-56(50,51)48-13-16-52-17-14-48)18-26-7-2-6-25(31(26)29)8-3-15-53-37(49)45-38;/h2,6-7,18-19,21,27H,3-5,8-17,20,22-24H2,1H3,(H,45,49);1H/t27-,38-,39+;/m1./s1. The molecule has 10 rings (SSSR count). The second kappa shape index (κ2) is 14.5. The number of nitrogens with one attached hydrogen (secondary N) is 1. The maximum atomic E-state index is 17.5. The van der Waals surface area contributed by atoms with Crippen LogP contribution in [0.3, 0.4) is 0 Å². The maximum Gasteiger partial charge on any atom is 0.407 e. The van der Waals surface area contributed by atoms with Crippen molar-refractivity contribution in [2.24, 2.45) is 0 Å². The van der Waals surface area contributed by atoms with Crippen LogP contribution in [0.25, 0.3) is 32.9 Å². The number of pyridine rings is 1. The maximum absolute atomic E-state index is 17.5. The summed E-state index contributed by atoms with van der Waals surface area (Å²) in [5.74, 6) is -0.360. The Balaban J connectivity index is 0.00000455. The number of carbonyl (C=O) groups excluding carboxylic acids is 1. The molecule has 2 aromatic heterocycles. The number of alkyl carbamates (subject to hydrolysis) is 1. The quantitative estimate of drug-likeness (QED) is 0.275. The van der Waals surface area contributed by atoms with Gasteiger partial charge in [-0.2, -0.15) is 22.7 Å². The normalized spacial score (nSPS) is 26.3. The highest BCUT2D eigenvalue weighted by atomic mass is 32.2. The molecule has 2 aromatic carbocycles. The number of piperidine rings is 1. The molecule has 17 heteroatoms. The summed E-state index contributed by atoms with van der Waals surface area (Å²) >= 11 is 0. The molecule has 6 aliphatic rings. The van der Waals surface area contributed by atoms with Gasteiger partial charge in [-0.05, 0) is 80.5 Å². The van der Waals surface area contributed by atoms with Gasteiger partial charge in [0.2, 0.25) is 0 Å². The van der Waals surface area contributed by atoms with E-state index in [1.165, 1.54) is 16.6 Å². The summed E-state index contributed by atoms with van der Waals surface area (Å²) in [5, 5.41) is 4.65. The van der Waals surface area contributed by atoms with Gasteiger partial charge in [0.1, 0.15) is 35.6 Å². The first-order chi connectivity index (χ1) is 27.0. The smallest absolute Gasteiger partial charge is 0.407 e. The second-order valence-corrected chi connectivity index (χ2v) is 17.4. The van der Waals surface area contributed by atoms with Gasteiger partial charge in [-0.1, -0.05) is 18.2 Å². The number of alkyl halides is 1. The van der Waals surface area contributed by atoms with Crippen LogP contribution in [0.1, 0.15) is 52.4 Å². The predicted molar refractivity (Wildman–Crippen MR) is 205 cm³/mol. The Morgan fingerprint density at radius 1 is 1.07 bits per heavy atom. The van der Waals surface area contributed by atoms with Crippen molar-refractivity contribution in [2.45, 2.75) is 69.1 Å². The minimum atomic E-state index is -4.22. The molecule has 8 heterocycles. The Bertz CT molecular complexity index is 2300. The molecule has 14 nitrogen and oxygen atoms in total. The van der Waals surface area contributed by atoms with Gasteiger partial charge in [-0.15, -0.1) is 0 Å². The molecular formula is C39H47F2N7O7S. The highest BCUT2D eigenvalue weighted by Gasteiger charge is 2.49. The average molecular weight is 796 g/mol. The SMILES string of the molecule is C[C@@]12CCCN(C1)c1nc(OC[C@@]34CCCN3C[C@H](F)C4)nc3c(F)c(ncc13)-c1cc(OS(=O)(=O)N3CCOCC3)cc3cccc(c13)CCCOC(=O)N2.[HH]. The first-order valence-electron chi connectivity index (χ1n) is 19.4. The number of halogens is 2. The largest absolute Gasteiger partial charge is 0.461 e. The number of anilines is 1. The lowest BCUT2D eigenvalue weighted by Crippen LogP contribution is -2.57. The third-order valence-electron chi connectivity index (χ3n) is 11.9. The lowest BCUT2D eigenvalue weighted by molar-refractivity contribution is 0.0698. The molecule has 300 valence electrons. The predicted octanol–water partition coefficient (Wildman–Crippen LogP) is 5.17. The third kappa shape index (κ3) is 6.96. The lowest BCUT2D eigenvalue weighted by atomic mass is 9.91. The Morgan fingerprint density at radius 3 is 2.77 bits per heavy atom. The van der Waals surface area contributed by atoms with Crippen molar-refractivity contribution in [3.05, 3.63) is 47.9 Å². The van der Waals surface area contributed by atoms with Crippen LogP contribution in [-0.4, -0.2) is 122 Å². The van der Waals surface area contributed by atoms with Gasteiger partial charge in [0.15, 0.2) is 5.82 Å². The Hall–Kier alpha value is -4.45. The van der Waals surface area contributed by atoms with E-state index in [1.807, 2.05) is 24.0 Å².